The van der Waals surface area contributed by atoms with Crippen LogP contribution in [-0.4, -0.2) is 112 Å². The summed E-state index contributed by atoms with van der Waals surface area (Å²) >= 11 is 0. The fourth-order valence-electron chi connectivity index (χ4n) is 4.83. The summed E-state index contributed by atoms with van der Waals surface area (Å²) in [5, 5.41) is 2.77. The van der Waals surface area contributed by atoms with Crippen molar-refractivity contribution in [2.24, 2.45) is 0 Å². The van der Waals surface area contributed by atoms with Crippen molar-refractivity contribution in [2.75, 3.05) is 79.6 Å². The number of rotatable bonds is 22. The van der Waals surface area contributed by atoms with Crippen LogP contribution in [0.4, 0.5) is 4.79 Å². The Balaban J connectivity index is 2.06. The van der Waals surface area contributed by atoms with Gasteiger partial charge in [0.25, 0.3) is 10.1 Å². The Labute approximate surface area is 225 Å². The molecule has 11 nitrogen and oxygen atoms in total. The van der Waals surface area contributed by atoms with E-state index in [4.69, 9.17) is 27.3 Å². The number of hydrogen-bond donors (Lipinski definition) is 2. The second-order valence-electron chi connectivity index (χ2n) is 9.78. The number of quaternary nitrogens is 1. The van der Waals surface area contributed by atoms with Gasteiger partial charge in [-0.1, -0.05) is 6.42 Å². The van der Waals surface area contributed by atoms with E-state index < -0.39 is 25.0 Å². The van der Waals surface area contributed by atoms with E-state index in [1.807, 2.05) is 0 Å². The fraction of sp³-hybridized carbons (Fsp3) is 0.958. The monoisotopic (exact) mass is 571 g/mol. The highest BCUT2D eigenvalue weighted by atomic mass is 32.2. The average Bonchev–Trinajstić information content (AvgIpc) is 2.88. The first-order valence-electron chi connectivity index (χ1n) is 13.6. The van der Waals surface area contributed by atoms with Crippen LogP contribution in [0.2, 0.25) is 6.04 Å². The van der Waals surface area contributed by atoms with Crippen LogP contribution in [0.1, 0.15) is 64.2 Å². The first-order chi connectivity index (χ1) is 17.7. The van der Waals surface area contributed by atoms with E-state index in [9.17, 15) is 13.2 Å². The van der Waals surface area contributed by atoms with E-state index in [-0.39, 0.29) is 5.75 Å². The van der Waals surface area contributed by atoms with E-state index in [2.05, 4.69) is 5.32 Å². The maximum absolute atomic E-state index is 12.0. The molecule has 0 radical (unpaired) electrons. The Morgan fingerprint density at radius 2 is 1.49 bits per heavy atom. The smallest absolute Gasteiger partial charge is 0.449 e. The molecule has 1 heterocycles. The number of alkyl carbamates (subject to hydrolysis) is 1. The van der Waals surface area contributed by atoms with Gasteiger partial charge in [-0.15, -0.1) is 0 Å². The molecule has 13 heteroatoms. The maximum atomic E-state index is 12.0. The Bertz CT molecular complexity index is 694. The first kappa shape index (κ1) is 34.2. The highest BCUT2D eigenvalue weighted by molar-refractivity contribution is 7.85. The predicted octanol–water partition coefficient (Wildman–Crippen LogP) is 3.23. The van der Waals surface area contributed by atoms with Gasteiger partial charge in [0.05, 0.1) is 38.5 Å². The topological polar surface area (TPSA) is 130 Å². The Morgan fingerprint density at radius 3 is 2.14 bits per heavy atom. The van der Waals surface area contributed by atoms with Crippen molar-refractivity contribution in [2.45, 2.75) is 70.3 Å². The Hall–Kier alpha value is -0.803. The second kappa shape index (κ2) is 19.3. The highest BCUT2D eigenvalue weighted by Gasteiger charge is 2.36. The standard InChI is InChI=1S/C24H50N2O9SSi/c1-31-37(32-2,33-3)23-11-5-9-19-34-20-12-14-25-24(27)35-21-13-18-26(15-6-4-7-16-26)17-8-10-22-36(28,29)30/h4-23H2,1-3H3,(H-,25,27,28,29,30)/p+1. The zero-order chi connectivity index (χ0) is 27.5. The molecule has 1 aliphatic heterocycles. The molecule has 0 atom stereocenters. The summed E-state index contributed by atoms with van der Waals surface area (Å²) in [7, 11) is -1.49. The van der Waals surface area contributed by atoms with Crippen molar-refractivity contribution in [1.29, 1.82) is 0 Å². The molecule has 1 saturated heterocycles. The third-order valence-corrected chi connectivity index (χ3v) is 10.6. The molecule has 220 valence electrons. The molecule has 0 aromatic carbocycles. The summed E-state index contributed by atoms with van der Waals surface area (Å²) in [6.45, 7) is 6.12. The van der Waals surface area contributed by atoms with E-state index in [1.54, 1.807) is 21.3 Å². The van der Waals surface area contributed by atoms with Crippen molar-refractivity contribution >= 4 is 25.0 Å². The first-order valence-corrected chi connectivity index (χ1v) is 17.2. The van der Waals surface area contributed by atoms with E-state index in [0.29, 0.717) is 32.8 Å². The molecule has 0 aliphatic carbocycles. The number of piperidine rings is 1. The normalized spacial score (nSPS) is 16.0. The van der Waals surface area contributed by atoms with Gasteiger partial charge in [-0.25, -0.2) is 4.79 Å². The zero-order valence-electron chi connectivity index (χ0n) is 23.2. The molecule has 0 bridgehead atoms. The summed E-state index contributed by atoms with van der Waals surface area (Å²) in [5.74, 6) is -0.179. The third-order valence-electron chi connectivity index (χ3n) is 7.00. The molecule has 0 unspecified atom stereocenters. The van der Waals surface area contributed by atoms with Gasteiger partial charge in [0.15, 0.2) is 0 Å². The lowest BCUT2D eigenvalue weighted by Crippen LogP contribution is -2.53. The van der Waals surface area contributed by atoms with Gasteiger partial charge in [-0.05, 0) is 51.4 Å². The highest BCUT2D eigenvalue weighted by Crippen LogP contribution is 2.21. The fourth-order valence-corrected chi connectivity index (χ4v) is 7.20. The van der Waals surface area contributed by atoms with Gasteiger partial charge in [0.1, 0.15) is 0 Å². The molecule has 1 aliphatic rings. The van der Waals surface area contributed by atoms with Gasteiger partial charge in [0, 0.05) is 53.6 Å². The minimum atomic E-state index is -3.89. The van der Waals surface area contributed by atoms with Gasteiger partial charge in [0.2, 0.25) is 0 Å². The lowest BCUT2D eigenvalue weighted by molar-refractivity contribution is -0.932. The predicted molar refractivity (Wildman–Crippen MR) is 144 cm³/mol. The molecular formula is C24H51N2O9SSi+. The zero-order valence-corrected chi connectivity index (χ0v) is 25.0. The summed E-state index contributed by atoms with van der Waals surface area (Å²) < 4.78 is 59.0. The summed E-state index contributed by atoms with van der Waals surface area (Å²) in [6.07, 6.45) is 8.83. The molecule has 1 rings (SSSR count). The lowest BCUT2D eigenvalue weighted by Gasteiger charge is -2.42. The van der Waals surface area contributed by atoms with Crippen LogP contribution in [0.3, 0.4) is 0 Å². The molecule has 1 amide bonds. The minimum absolute atomic E-state index is 0.179. The summed E-state index contributed by atoms with van der Waals surface area (Å²) in [4.78, 5) is 12.0. The molecule has 0 aromatic heterocycles. The maximum Gasteiger partial charge on any atom is 0.500 e. The largest absolute Gasteiger partial charge is 0.500 e. The van der Waals surface area contributed by atoms with Crippen LogP contribution in [0, 0.1) is 0 Å². The quantitative estimate of drug-likeness (QED) is 0.0871. The van der Waals surface area contributed by atoms with Crippen LogP contribution in [0.5, 0.6) is 0 Å². The van der Waals surface area contributed by atoms with Gasteiger partial charge < -0.3 is 32.6 Å². The third kappa shape index (κ3) is 16.0. The number of nitrogens with zero attached hydrogens (tertiary/aromatic N) is 1. The molecule has 2 N–H and O–H groups in total. The average molecular weight is 572 g/mol. The number of carbonyl (C=O) groups is 1. The van der Waals surface area contributed by atoms with E-state index >= 15 is 0 Å². The van der Waals surface area contributed by atoms with E-state index in [0.717, 1.165) is 75.2 Å². The number of amides is 1. The number of carbonyl (C=O) groups excluding carboxylic acids is 1. The van der Waals surface area contributed by atoms with Crippen LogP contribution in [0.15, 0.2) is 0 Å². The molecule has 0 aromatic rings. The van der Waals surface area contributed by atoms with Gasteiger partial charge >= 0.3 is 14.9 Å². The lowest BCUT2D eigenvalue weighted by atomic mass is 10.1. The Kier molecular flexibility index (Phi) is 17.8. The van der Waals surface area contributed by atoms with Crippen molar-refractivity contribution in [3.63, 3.8) is 0 Å². The molecular weight excluding hydrogens is 520 g/mol. The van der Waals surface area contributed by atoms with Gasteiger partial charge in [-0.3, -0.25) is 4.55 Å². The Morgan fingerprint density at radius 1 is 0.838 bits per heavy atom. The minimum Gasteiger partial charge on any atom is -0.449 e. The number of ether oxygens (including phenoxy) is 2. The number of hydrogen-bond acceptors (Lipinski definition) is 8. The molecule has 1 fully saturated rings. The SMILES string of the molecule is CO[Si](CCCCCOCCCNC(=O)OCCC[N+]1(CCCCS(=O)(=O)O)CCCCC1)(OC)OC. The molecule has 37 heavy (non-hydrogen) atoms. The van der Waals surface area contributed by atoms with Crippen LogP contribution >= 0.6 is 0 Å². The van der Waals surface area contributed by atoms with E-state index in [1.165, 1.54) is 19.3 Å². The number of likely N-dealkylation sites (tertiary alicyclic amines) is 1. The van der Waals surface area contributed by atoms with Crippen molar-refractivity contribution in [1.82, 2.24) is 5.32 Å². The molecule has 0 saturated carbocycles. The summed E-state index contributed by atoms with van der Waals surface area (Å²) in [5.41, 5.74) is 0. The van der Waals surface area contributed by atoms with Crippen molar-refractivity contribution in [3.05, 3.63) is 0 Å². The van der Waals surface area contributed by atoms with Crippen molar-refractivity contribution in [3.8, 4) is 0 Å². The number of nitrogens with one attached hydrogen (secondary N) is 1. The van der Waals surface area contributed by atoms with Crippen LogP contribution in [0.25, 0.3) is 0 Å². The van der Waals surface area contributed by atoms with Crippen molar-refractivity contribution < 1.29 is 45.0 Å². The second-order valence-corrected chi connectivity index (χ2v) is 14.4. The van der Waals surface area contributed by atoms with Crippen LogP contribution < -0.4 is 5.32 Å². The number of unbranched alkanes of at least 4 members (excludes halogenated alkanes) is 3. The summed E-state index contributed by atoms with van der Waals surface area (Å²) in [6, 6.07) is 0.791. The van der Waals surface area contributed by atoms with Gasteiger partial charge in [-0.2, -0.15) is 8.42 Å². The van der Waals surface area contributed by atoms with Crippen LogP contribution in [-0.2, 0) is 32.9 Å². The molecule has 0 spiro atoms.